The van der Waals surface area contributed by atoms with Crippen LogP contribution in [-0.2, 0) is 37.3 Å². The lowest BCUT2D eigenvalue weighted by Gasteiger charge is -2.28. The van der Waals surface area contributed by atoms with Gasteiger partial charge in [0.15, 0.2) is 17.8 Å². The number of nitrogen functional groups attached to an aromatic ring is 1. The Balaban J connectivity index is 1.34. The van der Waals surface area contributed by atoms with Gasteiger partial charge in [0.05, 0.1) is 37.4 Å². The Morgan fingerprint density at radius 2 is 2.00 bits per heavy atom. The highest BCUT2D eigenvalue weighted by atomic mass is 32.7. The predicted molar refractivity (Wildman–Crippen MR) is 163 cm³/mol. The highest BCUT2D eigenvalue weighted by molar-refractivity contribution is 8.55. The fourth-order valence-electron chi connectivity index (χ4n) is 5.06. The van der Waals surface area contributed by atoms with E-state index in [9.17, 15) is 29.2 Å². The molecule has 0 spiro atoms. The highest BCUT2D eigenvalue weighted by Gasteiger charge is 2.51. The lowest BCUT2D eigenvalue weighted by atomic mass is 10.1. The van der Waals surface area contributed by atoms with Crippen molar-refractivity contribution in [2.45, 2.75) is 69.3 Å². The zero-order valence-corrected chi connectivity index (χ0v) is 27.2. The normalized spacial score (nSPS) is 27.3. The van der Waals surface area contributed by atoms with Gasteiger partial charge in [0, 0.05) is 43.4 Å². The fourth-order valence-corrected chi connectivity index (χ4v) is 7.85. The van der Waals surface area contributed by atoms with Crippen LogP contribution in [0.15, 0.2) is 40.4 Å². The maximum atomic E-state index is 14.2. The van der Waals surface area contributed by atoms with Crippen LogP contribution in [0.5, 0.6) is 0 Å². The molecule has 2 fully saturated rings. The minimum absolute atomic E-state index is 0.114. The number of carbonyl (C=O) groups excluding carboxylic acids is 1. The van der Waals surface area contributed by atoms with E-state index in [1.807, 2.05) is 0 Å². The van der Waals surface area contributed by atoms with Crippen LogP contribution < -0.4 is 17.0 Å². The summed E-state index contributed by atoms with van der Waals surface area (Å²) < 4.78 is 55.9. The van der Waals surface area contributed by atoms with Crippen molar-refractivity contribution in [1.82, 2.24) is 24.1 Å². The molecule has 0 saturated carbocycles. The zero-order chi connectivity index (χ0) is 33.9. The van der Waals surface area contributed by atoms with Gasteiger partial charge < -0.3 is 39.6 Å². The first-order valence-electron chi connectivity index (χ1n) is 14.3. The van der Waals surface area contributed by atoms with E-state index in [1.54, 1.807) is 24.5 Å². The number of carbonyl (C=O) groups is 1. The Morgan fingerprint density at radius 3 is 2.70 bits per heavy atom. The van der Waals surface area contributed by atoms with Crippen molar-refractivity contribution < 1.29 is 52.3 Å². The average Bonchev–Trinajstić information content (AvgIpc) is 3.71. The predicted octanol–water partition coefficient (Wildman–Crippen LogP) is 0.879. The van der Waals surface area contributed by atoms with Gasteiger partial charge in [-0.3, -0.25) is 28.0 Å². The zero-order valence-electron chi connectivity index (χ0n) is 25.4. The van der Waals surface area contributed by atoms with Gasteiger partial charge in [-0.25, -0.2) is 24.1 Å². The quantitative estimate of drug-likeness (QED) is 0.110. The topological polar surface area (TPSA) is 251 Å². The number of nitrogens with zero attached hydrogens (tertiary/aromatic N) is 4. The smallest absolute Gasteiger partial charge is 0.432 e. The van der Waals surface area contributed by atoms with Crippen molar-refractivity contribution in [3.8, 4) is 0 Å². The number of ether oxygens (including phenoxy) is 5. The lowest BCUT2D eigenvalue weighted by molar-refractivity contribution is -0.0625. The van der Waals surface area contributed by atoms with Gasteiger partial charge in [-0.05, 0) is 19.9 Å². The van der Waals surface area contributed by atoms with E-state index in [0.29, 0.717) is 28.2 Å². The number of imidazole rings is 1. The van der Waals surface area contributed by atoms with E-state index in [4.69, 9.17) is 38.5 Å². The largest absolute Gasteiger partial charge is 0.509 e. The molecule has 2 aliphatic heterocycles. The minimum atomic E-state index is -4.37. The second-order valence-electron chi connectivity index (χ2n) is 10.7. The third-order valence-corrected chi connectivity index (χ3v) is 10.6. The number of methoxy groups -OCH3 is 1. The van der Waals surface area contributed by atoms with E-state index in [-0.39, 0.29) is 6.42 Å². The van der Waals surface area contributed by atoms with Crippen molar-refractivity contribution >= 4 is 41.2 Å². The Kier molecular flexibility index (Phi) is 11.0. The number of nitrogens with two attached hydrogens (primary N) is 1. The maximum absolute atomic E-state index is 14.2. The number of aliphatic hydroxyl groups excluding tert-OH is 2. The third-order valence-electron chi connectivity index (χ3n) is 7.24. The molecule has 2 saturated heterocycles. The minimum Gasteiger partial charge on any atom is -0.432 e. The lowest BCUT2D eigenvalue weighted by Crippen LogP contribution is -2.39. The number of rotatable bonds is 13. The molecule has 5 N–H and O–H groups in total. The van der Waals surface area contributed by atoms with Gasteiger partial charge in [0.1, 0.15) is 36.2 Å². The molecule has 8 atom stereocenters. The summed E-state index contributed by atoms with van der Waals surface area (Å²) in [6.07, 6.45) is -4.83. The average molecular weight is 703 g/mol. The molecule has 0 bridgehead atoms. The number of fused-ring (bicyclic) bond motifs is 1. The summed E-state index contributed by atoms with van der Waals surface area (Å²) >= 11 is 0.483. The van der Waals surface area contributed by atoms with Gasteiger partial charge >= 0.3 is 18.6 Å². The molecular formula is C26H35N6O13PS. The first-order valence-corrected chi connectivity index (χ1v) is 17.5. The van der Waals surface area contributed by atoms with Crippen LogP contribution >= 0.6 is 18.2 Å². The Labute approximate surface area is 270 Å². The van der Waals surface area contributed by atoms with Gasteiger partial charge in [0.2, 0.25) is 0 Å². The van der Waals surface area contributed by atoms with E-state index in [1.165, 1.54) is 25.8 Å². The summed E-state index contributed by atoms with van der Waals surface area (Å²) in [5.74, 6) is -0.536. The molecule has 3 aromatic rings. The Hall–Kier alpha value is -3.33. The molecule has 0 aromatic carbocycles. The third kappa shape index (κ3) is 7.87. The summed E-state index contributed by atoms with van der Waals surface area (Å²) in [7, 11) is 1.28. The number of anilines is 1. The van der Waals surface area contributed by atoms with Crippen LogP contribution in [0, 0.1) is 0 Å². The summed E-state index contributed by atoms with van der Waals surface area (Å²) in [6, 6.07) is 2.70. The van der Waals surface area contributed by atoms with Gasteiger partial charge in [0.25, 0.3) is 5.56 Å². The molecule has 0 radical (unpaired) electrons. The van der Waals surface area contributed by atoms with Crippen molar-refractivity contribution in [1.29, 1.82) is 0 Å². The molecule has 47 heavy (non-hydrogen) atoms. The number of aliphatic hydroxyl groups is 2. The van der Waals surface area contributed by atoms with Crippen LogP contribution in [-0.4, -0.2) is 103 Å². The van der Waals surface area contributed by atoms with E-state index in [2.05, 4.69) is 15.0 Å². The summed E-state index contributed by atoms with van der Waals surface area (Å²) in [4.78, 5) is 46.8. The second-order valence-corrected chi connectivity index (χ2v) is 14.7. The van der Waals surface area contributed by atoms with Crippen LogP contribution in [0.1, 0.15) is 32.7 Å². The number of hydrogen-bond acceptors (Lipinski definition) is 17. The van der Waals surface area contributed by atoms with E-state index >= 15 is 0 Å². The molecule has 0 amide bonds. The van der Waals surface area contributed by atoms with Crippen LogP contribution in [0.4, 0.5) is 10.5 Å². The summed E-state index contributed by atoms with van der Waals surface area (Å²) in [5, 5.41) is 20.9. The molecule has 0 aliphatic carbocycles. The Bertz CT molecular complexity index is 1720. The van der Waals surface area contributed by atoms with Crippen molar-refractivity contribution in [3.63, 3.8) is 0 Å². The van der Waals surface area contributed by atoms with Crippen molar-refractivity contribution in [2.75, 3.05) is 32.0 Å². The number of H-pyrrole nitrogens is 1. The molecule has 258 valence electrons. The standard InChI is InChI=1S/C26H35N6O13PS/c1-13(2)42-26(37)40-12-47-46(38,45-21-16(9-33)44-24(22(21)39-3)31-7-5-18(35)30-25(31)36)41-10-17-15(34)8-19(43-17)32-11-29-20-14(27)4-6-28-23(20)32/h4-7,11,13,15-17,19,21-22,24,33-34H,8-10,12H2,1-3H3,(H2,27,28)(H,30,35,36)/t15?,16-,17-,19-,21?,22+,24-,46-/m1/s1. The SMILES string of the molecule is CO[C@H]1C(O[P@@](=O)(OC[C@H]2O[C@@H](n3cnc4c(N)ccnc43)CC2O)SCOC(=O)OC(C)C)[C@@H](CO)O[C@H]1n1ccc(=O)[nH]c1=O. The van der Waals surface area contributed by atoms with Crippen molar-refractivity contribution in [2.24, 2.45) is 0 Å². The number of aromatic amines is 1. The molecule has 3 aromatic heterocycles. The van der Waals surface area contributed by atoms with Crippen LogP contribution in [0.25, 0.3) is 11.2 Å². The molecule has 2 aliphatic rings. The first-order chi connectivity index (χ1) is 22.4. The monoisotopic (exact) mass is 702 g/mol. The highest BCUT2D eigenvalue weighted by Crippen LogP contribution is 2.63. The number of nitrogens with one attached hydrogen (secondary N) is 1. The molecule has 2 unspecified atom stereocenters. The second kappa shape index (κ2) is 14.8. The summed E-state index contributed by atoms with van der Waals surface area (Å²) in [5.41, 5.74) is 5.84. The van der Waals surface area contributed by atoms with Crippen LogP contribution in [0.2, 0.25) is 0 Å². The molecule has 19 nitrogen and oxygen atoms in total. The van der Waals surface area contributed by atoms with Crippen LogP contribution in [0.3, 0.4) is 0 Å². The molecule has 5 rings (SSSR count). The summed E-state index contributed by atoms with van der Waals surface area (Å²) in [6.45, 7) is -2.23. The van der Waals surface area contributed by atoms with Gasteiger partial charge in [-0.15, -0.1) is 0 Å². The van der Waals surface area contributed by atoms with Crippen molar-refractivity contribution in [3.05, 3.63) is 51.7 Å². The van der Waals surface area contributed by atoms with Gasteiger partial charge in [-0.2, -0.15) is 0 Å². The number of hydrogen-bond donors (Lipinski definition) is 4. The molecule has 21 heteroatoms. The fraction of sp³-hybridized carbons (Fsp3) is 0.577. The number of pyridine rings is 1. The number of aromatic nitrogens is 5. The Morgan fingerprint density at radius 1 is 1.21 bits per heavy atom. The van der Waals surface area contributed by atoms with E-state index in [0.717, 1.165) is 10.6 Å². The molecular weight excluding hydrogens is 667 g/mol. The molecule has 5 heterocycles. The van der Waals surface area contributed by atoms with Gasteiger partial charge in [-0.1, -0.05) is 0 Å². The maximum Gasteiger partial charge on any atom is 0.509 e. The van der Waals surface area contributed by atoms with E-state index < -0.39 is 92.4 Å². The first kappa shape index (κ1) is 35.0.